The summed E-state index contributed by atoms with van der Waals surface area (Å²) < 4.78 is 13.2. The molecule has 3 nitrogen and oxygen atoms in total. The summed E-state index contributed by atoms with van der Waals surface area (Å²) in [5.74, 6) is -0.0759. The second kappa shape index (κ2) is 4.35. The first kappa shape index (κ1) is 10.7. The second-order valence-corrected chi connectivity index (χ2v) is 3.68. The van der Waals surface area contributed by atoms with Crippen LogP contribution in [0.1, 0.15) is 16.8 Å². The van der Waals surface area contributed by atoms with Crippen molar-refractivity contribution in [2.75, 3.05) is 13.1 Å². The molecule has 0 aliphatic carbocycles. The Morgan fingerprint density at radius 2 is 1.94 bits per heavy atom. The van der Waals surface area contributed by atoms with Gasteiger partial charge in [0.2, 0.25) is 0 Å². The van der Waals surface area contributed by atoms with E-state index in [-0.39, 0.29) is 11.7 Å². The number of carbonyl (C=O) groups excluding carboxylic acids is 1. The van der Waals surface area contributed by atoms with Crippen molar-refractivity contribution in [3.05, 3.63) is 48.3 Å². The summed E-state index contributed by atoms with van der Waals surface area (Å²) in [6, 6.07) is 8.84. The molecule has 1 saturated heterocycles. The molecule has 1 aliphatic rings. The summed E-state index contributed by atoms with van der Waals surface area (Å²) in [7, 11) is 0. The highest BCUT2D eigenvalue weighted by Gasteiger charge is 2.26. The van der Waals surface area contributed by atoms with Crippen molar-refractivity contribution in [1.29, 1.82) is 0 Å². The number of rotatable bonds is 1. The van der Waals surface area contributed by atoms with Crippen molar-refractivity contribution in [3.63, 3.8) is 0 Å². The zero-order chi connectivity index (χ0) is 11.5. The number of halogens is 1. The minimum atomic E-state index is -0.201. The Bertz CT molecular complexity index is 405. The van der Waals surface area contributed by atoms with E-state index >= 15 is 0 Å². The lowest BCUT2D eigenvalue weighted by molar-refractivity contribution is 0.00183. The van der Waals surface area contributed by atoms with Crippen molar-refractivity contribution < 1.29 is 9.28 Å². The van der Waals surface area contributed by atoms with Gasteiger partial charge >= 0.3 is 0 Å². The lowest BCUT2D eigenvalue weighted by Crippen LogP contribution is -2.41. The lowest BCUT2D eigenvalue weighted by atomic mass is 10.2. The van der Waals surface area contributed by atoms with Gasteiger partial charge < -0.3 is 0 Å². The fourth-order valence-electron chi connectivity index (χ4n) is 1.71. The van der Waals surface area contributed by atoms with Gasteiger partial charge in [-0.2, -0.15) is 5.12 Å². The Morgan fingerprint density at radius 3 is 2.62 bits per heavy atom. The van der Waals surface area contributed by atoms with Crippen LogP contribution in [0.15, 0.2) is 42.7 Å². The number of amides is 1. The number of nitrogens with zero attached hydrogens (tertiary/aromatic N) is 2. The second-order valence-electron chi connectivity index (χ2n) is 3.68. The van der Waals surface area contributed by atoms with Crippen molar-refractivity contribution in [2.45, 2.75) is 6.42 Å². The molecule has 0 spiro atoms. The van der Waals surface area contributed by atoms with E-state index < -0.39 is 0 Å². The smallest absolute Gasteiger partial charge is 0.259 e. The predicted octanol–water partition coefficient (Wildman–Crippen LogP) is 2.19. The monoisotopic (exact) mass is 220 g/mol. The number of carbonyl (C=O) groups is 1. The highest BCUT2D eigenvalue weighted by atomic mass is 19.2. The minimum Gasteiger partial charge on any atom is -0.293 e. The summed E-state index contributed by atoms with van der Waals surface area (Å²) in [6.45, 7) is 4.40. The van der Waals surface area contributed by atoms with Gasteiger partial charge in [0.1, 0.15) is 5.82 Å². The van der Waals surface area contributed by atoms with E-state index in [0.717, 1.165) is 0 Å². The molecule has 0 atom stereocenters. The molecule has 0 unspecified atom stereocenters. The summed E-state index contributed by atoms with van der Waals surface area (Å²) in [5.41, 5.74) is 0.555. The van der Waals surface area contributed by atoms with Crippen molar-refractivity contribution in [2.24, 2.45) is 0 Å². The van der Waals surface area contributed by atoms with E-state index in [9.17, 15) is 9.28 Å². The van der Waals surface area contributed by atoms with Crippen LogP contribution in [0.4, 0.5) is 4.48 Å². The maximum absolute atomic E-state index is 13.2. The van der Waals surface area contributed by atoms with Gasteiger partial charge in [0.05, 0.1) is 6.54 Å². The maximum Gasteiger partial charge on any atom is 0.259 e. The van der Waals surface area contributed by atoms with Crippen molar-refractivity contribution in [3.8, 4) is 0 Å². The minimum absolute atomic E-state index is 0.125. The summed E-state index contributed by atoms with van der Waals surface area (Å²) in [5, 5.41) is 0.518. The summed E-state index contributed by atoms with van der Waals surface area (Å²) in [6.07, 6.45) is 0.619. The fraction of sp³-hybridized carbons (Fsp3) is 0.250. The van der Waals surface area contributed by atoms with Gasteiger partial charge in [0, 0.05) is 12.1 Å². The third-order valence-corrected chi connectivity index (χ3v) is 2.59. The Balaban J connectivity index is 2.19. The van der Waals surface area contributed by atoms with Gasteiger partial charge in [-0.25, -0.2) is 0 Å². The third kappa shape index (κ3) is 1.91. The van der Waals surface area contributed by atoms with Crippen LogP contribution in [0.2, 0.25) is 0 Å². The van der Waals surface area contributed by atoms with Crippen molar-refractivity contribution >= 4 is 5.91 Å². The van der Waals surface area contributed by atoms with Gasteiger partial charge in [-0.05, 0) is 18.6 Å². The van der Waals surface area contributed by atoms with Gasteiger partial charge in [0.25, 0.3) is 5.91 Å². The van der Waals surface area contributed by atoms with Crippen LogP contribution in [0.3, 0.4) is 0 Å². The topological polar surface area (TPSA) is 23.6 Å². The van der Waals surface area contributed by atoms with E-state index in [1.165, 1.54) is 4.90 Å². The molecule has 0 radical (unpaired) electrons. The first-order chi connectivity index (χ1) is 7.70. The Hall–Kier alpha value is -1.84. The molecule has 2 rings (SSSR count). The van der Waals surface area contributed by atoms with Crippen LogP contribution in [-0.4, -0.2) is 29.0 Å². The van der Waals surface area contributed by atoms with Gasteiger partial charge in [-0.1, -0.05) is 29.3 Å². The fourth-order valence-corrected chi connectivity index (χ4v) is 1.71. The summed E-state index contributed by atoms with van der Waals surface area (Å²) in [4.78, 5) is 13.4. The molecule has 0 aromatic heterocycles. The van der Waals surface area contributed by atoms with E-state index in [1.54, 1.807) is 24.3 Å². The molecule has 1 aromatic rings. The maximum atomic E-state index is 13.2. The molecule has 1 heterocycles. The van der Waals surface area contributed by atoms with E-state index in [1.807, 2.05) is 6.07 Å². The SMILES string of the molecule is C=C1N(F)CCCN1C(=O)c1ccccc1. The van der Waals surface area contributed by atoms with E-state index in [2.05, 4.69) is 6.58 Å². The standard InChI is InChI=1S/C12H13FN2O/c1-10-14(8-5-9-15(10)13)12(16)11-6-3-2-4-7-11/h2-4,6-7H,1,5,8-9H2. The molecule has 1 aromatic carbocycles. The van der Waals surface area contributed by atoms with Gasteiger partial charge in [-0.3, -0.25) is 9.69 Å². The molecule has 1 fully saturated rings. The number of benzene rings is 1. The van der Waals surface area contributed by atoms with Crippen LogP contribution in [-0.2, 0) is 0 Å². The Morgan fingerprint density at radius 1 is 1.25 bits per heavy atom. The zero-order valence-electron chi connectivity index (χ0n) is 8.90. The Labute approximate surface area is 93.7 Å². The average Bonchev–Trinajstić information content (AvgIpc) is 2.33. The molecule has 16 heavy (non-hydrogen) atoms. The number of hydrogen-bond acceptors (Lipinski definition) is 2. The third-order valence-electron chi connectivity index (χ3n) is 2.59. The molecule has 1 amide bonds. The summed E-state index contributed by atoms with van der Waals surface area (Å²) >= 11 is 0. The van der Waals surface area contributed by atoms with E-state index in [4.69, 9.17) is 0 Å². The van der Waals surface area contributed by atoms with E-state index in [0.29, 0.717) is 30.2 Å². The zero-order valence-corrected chi connectivity index (χ0v) is 8.90. The quantitative estimate of drug-likeness (QED) is 0.677. The highest BCUT2D eigenvalue weighted by Crippen LogP contribution is 2.19. The van der Waals surface area contributed by atoms with Crippen LogP contribution in [0.25, 0.3) is 0 Å². The first-order valence-corrected chi connectivity index (χ1v) is 5.19. The molecule has 1 aliphatic heterocycles. The van der Waals surface area contributed by atoms with Crippen LogP contribution >= 0.6 is 0 Å². The van der Waals surface area contributed by atoms with Crippen LogP contribution in [0.5, 0.6) is 0 Å². The molecular weight excluding hydrogens is 207 g/mol. The normalized spacial score (nSPS) is 16.4. The Kier molecular flexibility index (Phi) is 2.90. The van der Waals surface area contributed by atoms with Crippen LogP contribution < -0.4 is 0 Å². The number of hydrogen-bond donors (Lipinski definition) is 0. The predicted molar refractivity (Wildman–Crippen MR) is 59.0 cm³/mol. The molecule has 4 heteroatoms. The molecule has 84 valence electrons. The van der Waals surface area contributed by atoms with Gasteiger partial charge in [0.15, 0.2) is 0 Å². The molecule has 0 N–H and O–H groups in total. The molecule has 0 bridgehead atoms. The lowest BCUT2D eigenvalue weighted by Gasteiger charge is -2.33. The highest BCUT2D eigenvalue weighted by molar-refractivity contribution is 5.95. The molecule has 0 saturated carbocycles. The molecular formula is C12H13FN2O. The van der Waals surface area contributed by atoms with Gasteiger partial charge in [-0.15, -0.1) is 0 Å². The first-order valence-electron chi connectivity index (χ1n) is 5.19. The average molecular weight is 220 g/mol. The van der Waals surface area contributed by atoms with Crippen molar-refractivity contribution in [1.82, 2.24) is 10.0 Å². The largest absolute Gasteiger partial charge is 0.293 e. The van der Waals surface area contributed by atoms with Crippen LogP contribution in [0, 0.1) is 0 Å².